The lowest BCUT2D eigenvalue weighted by Crippen LogP contribution is -2.43. The fourth-order valence-electron chi connectivity index (χ4n) is 3.47. The van der Waals surface area contributed by atoms with E-state index in [2.05, 4.69) is 17.1 Å². The molecule has 1 amide bonds. The minimum absolute atomic E-state index is 0.125. The fraction of sp³-hybridized carbons (Fsp3) is 0.938. The molecule has 1 saturated carbocycles. The molecule has 1 aliphatic carbocycles. The Bertz CT molecular complexity index is 303. The maximum Gasteiger partial charge on any atom is 0.220 e. The normalized spacial score (nSPS) is 23.9. The zero-order chi connectivity index (χ0) is 14.4. The van der Waals surface area contributed by atoms with E-state index in [4.69, 9.17) is 5.73 Å². The maximum absolute atomic E-state index is 12.0. The van der Waals surface area contributed by atoms with Crippen molar-refractivity contribution in [3.05, 3.63) is 0 Å². The van der Waals surface area contributed by atoms with E-state index in [1.54, 1.807) is 0 Å². The van der Waals surface area contributed by atoms with Crippen molar-refractivity contribution >= 4 is 5.91 Å². The highest BCUT2D eigenvalue weighted by molar-refractivity contribution is 5.76. The van der Waals surface area contributed by atoms with Gasteiger partial charge in [0.2, 0.25) is 5.91 Å². The van der Waals surface area contributed by atoms with Gasteiger partial charge in [0.05, 0.1) is 0 Å². The Balaban J connectivity index is 1.62. The van der Waals surface area contributed by atoms with Gasteiger partial charge in [-0.15, -0.1) is 0 Å². The molecule has 4 nitrogen and oxygen atoms in total. The second kappa shape index (κ2) is 7.41. The number of piperidine rings is 1. The minimum atomic E-state index is 0.125. The topological polar surface area (TPSA) is 58.4 Å². The number of amides is 1. The Morgan fingerprint density at radius 2 is 1.95 bits per heavy atom. The summed E-state index contributed by atoms with van der Waals surface area (Å²) in [6.45, 7) is 7.27. The predicted molar refractivity (Wildman–Crippen MR) is 82.4 cm³/mol. The highest BCUT2D eigenvalue weighted by Crippen LogP contribution is 2.42. The summed E-state index contributed by atoms with van der Waals surface area (Å²) >= 11 is 0. The number of rotatable bonds is 7. The van der Waals surface area contributed by atoms with E-state index < -0.39 is 0 Å². The molecule has 0 aromatic rings. The zero-order valence-electron chi connectivity index (χ0n) is 13.0. The van der Waals surface area contributed by atoms with Crippen LogP contribution in [0.3, 0.4) is 0 Å². The summed E-state index contributed by atoms with van der Waals surface area (Å²) in [5.74, 6) is 0.730. The van der Waals surface area contributed by atoms with Gasteiger partial charge in [-0.1, -0.05) is 19.8 Å². The number of nitrogens with zero attached hydrogens (tertiary/aromatic N) is 1. The summed E-state index contributed by atoms with van der Waals surface area (Å²) in [5, 5.41) is 3.11. The van der Waals surface area contributed by atoms with Crippen LogP contribution in [0.5, 0.6) is 0 Å². The van der Waals surface area contributed by atoms with E-state index in [9.17, 15) is 4.79 Å². The van der Waals surface area contributed by atoms with Crippen LogP contribution in [0.1, 0.15) is 51.9 Å². The summed E-state index contributed by atoms with van der Waals surface area (Å²) in [4.78, 5) is 14.6. The van der Waals surface area contributed by atoms with Gasteiger partial charge in [0.25, 0.3) is 0 Å². The van der Waals surface area contributed by atoms with E-state index in [-0.39, 0.29) is 11.3 Å². The number of hydrogen-bond donors (Lipinski definition) is 2. The number of nitrogens with one attached hydrogen (secondary N) is 1. The largest absolute Gasteiger partial charge is 0.356 e. The van der Waals surface area contributed by atoms with Gasteiger partial charge in [0.1, 0.15) is 0 Å². The van der Waals surface area contributed by atoms with Crippen LogP contribution in [0, 0.1) is 11.3 Å². The molecule has 0 radical (unpaired) electrons. The van der Waals surface area contributed by atoms with E-state index >= 15 is 0 Å². The number of likely N-dealkylation sites (tertiary alicyclic amines) is 1. The van der Waals surface area contributed by atoms with Crippen molar-refractivity contribution in [2.45, 2.75) is 51.9 Å². The molecular weight excluding hydrogens is 250 g/mol. The Morgan fingerprint density at radius 1 is 1.25 bits per heavy atom. The van der Waals surface area contributed by atoms with Crippen molar-refractivity contribution in [2.75, 3.05) is 32.7 Å². The van der Waals surface area contributed by atoms with Crippen LogP contribution in [-0.4, -0.2) is 43.5 Å². The van der Waals surface area contributed by atoms with Crippen molar-refractivity contribution in [3.63, 3.8) is 0 Å². The third-order valence-corrected chi connectivity index (χ3v) is 5.05. The number of carbonyl (C=O) groups is 1. The Labute approximate surface area is 123 Å². The van der Waals surface area contributed by atoms with Crippen LogP contribution in [0.2, 0.25) is 0 Å². The molecule has 0 aromatic carbocycles. The molecule has 2 fully saturated rings. The molecule has 2 aliphatic rings. The van der Waals surface area contributed by atoms with Gasteiger partial charge in [-0.3, -0.25) is 4.79 Å². The molecule has 0 spiro atoms. The predicted octanol–water partition coefficient (Wildman–Crippen LogP) is 1.74. The molecule has 1 saturated heterocycles. The third-order valence-electron chi connectivity index (χ3n) is 5.05. The Kier molecular flexibility index (Phi) is 5.85. The zero-order valence-corrected chi connectivity index (χ0v) is 13.0. The highest BCUT2D eigenvalue weighted by Gasteiger charge is 2.37. The van der Waals surface area contributed by atoms with E-state index in [1.165, 1.54) is 38.8 Å². The molecule has 3 N–H and O–H groups in total. The molecule has 0 aromatic heterocycles. The van der Waals surface area contributed by atoms with Crippen LogP contribution >= 0.6 is 0 Å². The number of hydrogen-bond acceptors (Lipinski definition) is 3. The monoisotopic (exact) mass is 281 g/mol. The molecule has 1 heterocycles. The van der Waals surface area contributed by atoms with Crippen molar-refractivity contribution < 1.29 is 4.79 Å². The second-order valence-corrected chi connectivity index (χ2v) is 7.00. The van der Waals surface area contributed by atoms with Gasteiger partial charge >= 0.3 is 0 Å². The van der Waals surface area contributed by atoms with Crippen LogP contribution in [0.25, 0.3) is 0 Å². The van der Waals surface area contributed by atoms with Gasteiger partial charge in [0, 0.05) is 19.5 Å². The second-order valence-electron chi connectivity index (χ2n) is 7.00. The maximum atomic E-state index is 12.0. The summed E-state index contributed by atoms with van der Waals surface area (Å²) < 4.78 is 0. The fourth-order valence-corrected chi connectivity index (χ4v) is 3.47. The minimum Gasteiger partial charge on any atom is -0.356 e. The molecule has 1 atom stereocenters. The first-order chi connectivity index (χ1) is 9.63. The first-order valence-electron chi connectivity index (χ1n) is 8.33. The van der Waals surface area contributed by atoms with Gasteiger partial charge in [-0.2, -0.15) is 0 Å². The van der Waals surface area contributed by atoms with Gasteiger partial charge in [0.15, 0.2) is 0 Å². The van der Waals surface area contributed by atoms with Crippen LogP contribution in [0.15, 0.2) is 0 Å². The van der Waals surface area contributed by atoms with Gasteiger partial charge < -0.3 is 16.0 Å². The summed E-state index contributed by atoms with van der Waals surface area (Å²) in [6.07, 6.45) is 8.15. The summed E-state index contributed by atoms with van der Waals surface area (Å²) in [6, 6.07) is 0. The molecule has 20 heavy (non-hydrogen) atoms. The highest BCUT2D eigenvalue weighted by atomic mass is 16.1. The number of nitrogens with two attached hydrogens (primary N) is 1. The van der Waals surface area contributed by atoms with Crippen LogP contribution < -0.4 is 11.1 Å². The van der Waals surface area contributed by atoms with Crippen molar-refractivity contribution in [3.8, 4) is 0 Å². The Morgan fingerprint density at radius 3 is 2.50 bits per heavy atom. The SMILES string of the molecule is CC(CNC(=O)CC1(CN)CCC1)CN1CCCCC1. The third kappa shape index (κ3) is 4.45. The lowest BCUT2D eigenvalue weighted by molar-refractivity contribution is -0.124. The molecule has 2 rings (SSSR count). The standard InChI is InChI=1S/C16H31N3O/c1-14(12-19-8-3-2-4-9-19)11-18-15(20)10-16(13-17)6-5-7-16/h14H,2-13,17H2,1H3,(H,18,20). The van der Waals surface area contributed by atoms with E-state index in [0.717, 1.165) is 25.9 Å². The Hall–Kier alpha value is -0.610. The average Bonchev–Trinajstić information content (AvgIpc) is 2.42. The first kappa shape index (κ1) is 15.8. The first-order valence-corrected chi connectivity index (χ1v) is 8.33. The molecule has 1 unspecified atom stereocenters. The van der Waals surface area contributed by atoms with Gasteiger partial charge in [-0.25, -0.2) is 0 Å². The van der Waals surface area contributed by atoms with Gasteiger partial charge in [-0.05, 0) is 56.7 Å². The van der Waals surface area contributed by atoms with Crippen LogP contribution in [-0.2, 0) is 4.79 Å². The van der Waals surface area contributed by atoms with E-state index in [1.807, 2.05) is 0 Å². The quantitative estimate of drug-likeness (QED) is 0.747. The molecular formula is C16H31N3O. The molecule has 116 valence electrons. The number of carbonyl (C=O) groups excluding carboxylic acids is 1. The van der Waals surface area contributed by atoms with Crippen molar-refractivity contribution in [1.82, 2.24) is 10.2 Å². The lowest BCUT2D eigenvalue weighted by atomic mass is 9.66. The average molecular weight is 281 g/mol. The molecule has 4 heteroatoms. The van der Waals surface area contributed by atoms with Crippen molar-refractivity contribution in [1.29, 1.82) is 0 Å². The summed E-state index contributed by atoms with van der Waals surface area (Å²) in [7, 11) is 0. The summed E-state index contributed by atoms with van der Waals surface area (Å²) in [5.41, 5.74) is 5.94. The van der Waals surface area contributed by atoms with E-state index in [0.29, 0.717) is 18.9 Å². The van der Waals surface area contributed by atoms with Crippen LogP contribution in [0.4, 0.5) is 0 Å². The molecule has 0 bridgehead atoms. The smallest absolute Gasteiger partial charge is 0.220 e. The molecule has 1 aliphatic heterocycles. The lowest BCUT2D eigenvalue weighted by Gasteiger charge is -2.40. The van der Waals surface area contributed by atoms with Crippen molar-refractivity contribution in [2.24, 2.45) is 17.1 Å².